The highest BCUT2D eigenvalue weighted by molar-refractivity contribution is 9.10. The van der Waals surface area contributed by atoms with Crippen molar-refractivity contribution in [3.8, 4) is 0 Å². The van der Waals surface area contributed by atoms with Gasteiger partial charge in [0.2, 0.25) is 0 Å². The second-order valence-electron chi connectivity index (χ2n) is 5.28. The Labute approximate surface area is 140 Å². The molecule has 0 fully saturated rings. The average Bonchev–Trinajstić information content (AvgIpc) is 3.01. The van der Waals surface area contributed by atoms with Crippen molar-refractivity contribution in [3.05, 3.63) is 56.7 Å². The monoisotopic (exact) mass is 366 g/mol. The molecule has 1 atom stereocenters. The molecule has 0 saturated carbocycles. The van der Waals surface area contributed by atoms with Gasteiger partial charge in [-0.05, 0) is 56.6 Å². The molecule has 1 unspecified atom stereocenters. The van der Waals surface area contributed by atoms with Crippen LogP contribution in [0.15, 0.2) is 46.3 Å². The van der Waals surface area contributed by atoms with E-state index in [4.69, 9.17) is 0 Å². The Bertz CT molecular complexity index is 527. The SMILES string of the molecule is CNC(CCN(C)CCc1cccs1)c1ccccc1Br. The van der Waals surface area contributed by atoms with Gasteiger partial charge in [0.25, 0.3) is 0 Å². The first-order valence-corrected chi connectivity index (χ1v) is 9.00. The van der Waals surface area contributed by atoms with E-state index >= 15 is 0 Å². The van der Waals surface area contributed by atoms with Gasteiger partial charge in [0.05, 0.1) is 0 Å². The van der Waals surface area contributed by atoms with Gasteiger partial charge in [-0.2, -0.15) is 0 Å². The molecule has 0 saturated heterocycles. The van der Waals surface area contributed by atoms with Crippen molar-refractivity contribution >= 4 is 27.3 Å². The molecule has 0 amide bonds. The highest BCUT2D eigenvalue weighted by atomic mass is 79.9. The number of hydrogen-bond acceptors (Lipinski definition) is 3. The maximum atomic E-state index is 3.65. The summed E-state index contributed by atoms with van der Waals surface area (Å²) >= 11 is 5.50. The standard InChI is InChI=1S/C17H23BrN2S/c1-19-17(15-7-3-4-8-16(15)18)10-12-20(2)11-9-14-6-5-13-21-14/h3-8,13,17,19H,9-12H2,1-2H3. The lowest BCUT2D eigenvalue weighted by molar-refractivity contribution is 0.315. The Hall–Kier alpha value is -0.680. The number of hydrogen-bond donors (Lipinski definition) is 1. The zero-order chi connectivity index (χ0) is 15.1. The fourth-order valence-corrected chi connectivity index (χ4v) is 3.69. The Morgan fingerprint density at radius 3 is 2.67 bits per heavy atom. The molecule has 4 heteroatoms. The van der Waals surface area contributed by atoms with E-state index in [-0.39, 0.29) is 0 Å². The summed E-state index contributed by atoms with van der Waals surface area (Å²) in [5.74, 6) is 0. The minimum Gasteiger partial charge on any atom is -0.313 e. The summed E-state index contributed by atoms with van der Waals surface area (Å²) in [6.07, 6.45) is 2.26. The summed E-state index contributed by atoms with van der Waals surface area (Å²) in [4.78, 5) is 3.89. The van der Waals surface area contributed by atoms with Crippen LogP contribution in [0.1, 0.15) is 22.9 Å². The molecule has 1 aromatic carbocycles. The quantitative estimate of drug-likeness (QED) is 0.747. The summed E-state index contributed by atoms with van der Waals surface area (Å²) in [7, 11) is 4.25. The van der Waals surface area contributed by atoms with Gasteiger partial charge in [-0.1, -0.05) is 40.2 Å². The fraction of sp³-hybridized carbons (Fsp3) is 0.412. The van der Waals surface area contributed by atoms with Crippen LogP contribution in [0.2, 0.25) is 0 Å². The smallest absolute Gasteiger partial charge is 0.0340 e. The van der Waals surface area contributed by atoms with E-state index in [9.17, 15) is 0 Å². The van der Waals surface area contributed by atoms with Crippen LogP contribution in [0.5, 0.6) is 0 Å². The molecule has 2 nitrogen and oxygen atoms in total. The zero-order valence-corrected chi connectivity index (χ0v) is 15.1. The molecule has 0 radical (unpaired) electrons. The normalized spacial score (nSPS) is 12.8. The molecule has 1 N–H and O–H groups in total. The van der Waals surface area contributed by atoms with Crippen LogP contribution in [0.3, 0.4) is 0 Å². The van der Waals surface area contributed by atoms with Crippen molar-refractivity contribution < 1.29 is 0 Å². The van der Waals surface area contributed by atoms with Crippen LogP contribution in [-0.4, -0.2) is 32.1 Å². The second-order valence-corrected chi connectivity index (χ2v) is 7.17. The predicted molar refractivity (Wildman–Crippen MR) is 96.1 cm³/mol. The van der Waals surface area contributed by atoms with E-state index in [2.05, 4.69) is 75.0 Å². The van der Waals surface area contributed by atoms with Crippen LogP contribution < -0.4 is 5.32 Å². The lowest BCUT2D eigenvalue weighted by Crippen LogP contribution is -2.27. The van der Waals surface area contributed by atoms with E-state index in [0.717, 1.165) is 25.9 Å². The summed E-state index contributed by atoms with van der Waals surface area (Å²) < 4.78 is 1.19. The second kappa shape index (κ2) is 8.69. The molecule has 0 bridgehead atoms. The van der Waals surface area contributed by atoms with Crippen molar-refractivity contribution in [2.75, 3.05) is 27.2 Å². The summed E-state index contributed by atoms with van der Waals surface area (Å²) in [5.41, 5.74) is 1.34. The number of likely N-dealkylation sites (N-methyl/N-ethyl adjacent to an activating group) is 1. The lowest BCUT2D eigenvalue weighted by atomic mass is 10.0. The Morgan fingerprint density at radius 2 is 2.00 bits per heavy atom. The summed E-state index contributed by atoms with van der Waals surface area (Å²) in [6, 6.07) is 13.2. The molecule has 0 spiro atoms. The molecule has 1 aromatic heterocycles. The van der Waals surface area contributed by atoms with Crippen molar-refractivity contribution in [3.63, 3.8) is 0 Å². The van der Waals surface area contributed by atoms with E-state index in [1.54, 1.807) is 0 Å². The lowest BCUT2D eigenvalue weighted by Gasteiger charge is -2.22. The number of benzene rings is 1. The predicted octanol–water partition coefficient (Wildman–Crippen LogP) is 4.34. The first-order valence-electron chi connectivity index (χ1n) is 7.33. The van der Waals surface area contributed by atoms with Gasteiger partial charge in [-0.25, -0.2) is 0 Å². The average molecular weight is 367 g/mol. The Kier molecular flexibility index (Phi) is 6.90. The van der Waals surface area contributed by atoms with Crippen molar-refractivity contribution in [1.82, 2.24) is 10.2 Å². The number of halogens is 1. The molecular formula is C17H23BrN2S. The van der Waals surface area contributed by atoms with Crippen LogP contribution in [0.4, 0.5) is 0 Å². The van der Waals surface area contributed by atoms with E-state index in [1.165, 1.54) is 14.9 Å². The number of thiophene rings is 1. The highest BCUT2D eigenvalue weighted by Crippen LogP contribution is 2.25. The van der Waals surface area contributed by atoms with Crippen molar-refractivity contribution in [2.24, 2.45) is 0 Å². The maximum Gasteiger partial charge on any atom is 0.0340 e. The fourth-order valence-electron chi connectivity index (χ4n) is 2.43. The first-order chi connectivity index (χ1) is 10.2. The zero-order valence-electron chi connectivity index (χ0n) is 12.7. The van der Waals surface area contributed by atoms with Crippen LogP contribution in [0, 0.1) is 0 Å². The van der Waals surface area contributed by atoms with Gasteiger partial charge in [0.1, 0.15) is 0 Å². The largest absolute Gasteiger partial charge is 0.313 e. The summed E-state index contributed by atoms with van der Waals surface area (Å²) in [6.45, 7) is 2.21. The van der Waals surface area contributed by atoms with Gasteiger partial charge in [0.15, 0.2) is 0 Å². The molecule has 21 heavy (non-hydrogen) atoms. The van der Waals surface area contributed by atoms with Crippen molar-refractivity contribution in [1.29, 1.82) is 0 Å². The molecule has 0 aliphatic rings. The molecule has 0 aliphatic carbocycles. The molecule has 114 valence electrons. The third-order valence-electron chi connectivity index (χ3n) is 3.75. The molecule has 2 rings (SSSR count). The topological polar surface area (TPSA) is 15.3 Å². The third kappa shape index (κ3) is 5.22. The minimum absolute atomic E-state index is 0.393. The molecule has 0 aliphatic heterocycles. The van der Waals surface area contributed by atoms with Crippen molar-refractivity contribution in [2.45, 2.75) is 18.9 Å². The minimum atomic E-state index is 0.393. The molecule has 2 aromatic rings. The van der Waals surface area contributed by atoms with Gasteiger partial charge in [-0.15, -0.1) is 11.3 Å². The summed E-state index contributed by atoms with van der Waals surface area (Å²) in [5, 5.41) is 5.58. The first kappa shape index (κ1) is 16.7. The number of nitrogens with zero attached hydrogens (tertiary/aromatic N) is 1. The number of rotatable bonds is 8. The number of nitrogens with one attached hydrogen (secondary N) is 1. The third-order valence-corrected chi connectivity index (χ3v) is 5.41. The molecule has 1 heterocycles. The Balaban J connectivity index is 1.81. The van der Waals surface area contributed by atoms with Crippen LogP contribution in [0.25, 0.3) is 0 Å². The Morgan fingerprint density at radius 1 is 1.19 bits per heavy atom. The van der Waals surface area contributed by atoms with Gasteiger partial charge >= 0.3 is 0 Å². The van der Waals surface area contributed by atoms with Gasteiger partial charge in [-0.3, -0.25) is 0 Å². The van der Waals surface area contributed by atoms with E-state index in [0.29, 0.717) is 6.04 Å². The van der Waals surface area contributed by atoms with Crippen LogP contribution in [-0.2, 0) is 6.42 Å². The molecular weight excluding hydrogens is 344 g/mol. The van der Waals surface area contributed by atoms with Gasteiger partial charge < -0.3 is 10.2 Å². The van der Waals surface area contributed by atoms with E-state index < -0.39 is 0 Å². The highest BCUT2D eigenvalue weighted by Gasteiger charge is 2.13. The van der Waals surface area contributed by atoms with Gasteiger partial charge in [0, 0.05) is 21.9 Å². The van der Waals surface area contributed by atoms with E-state index in [1.807, 2.05) is 18.4 Å². The maximum absolute atomic E-state index is 3.65. The van der Waals surface area contributed by atoms with Crippen LogP contribution >= 0.6 is 27.3 Å².